The van der Waals surface area contributed by atoms with Crippen LogP contribution in [0.3, 0.4) is 0 Å². The van der Waals surface area contributed by atoms with Gasteiger partial charge in [0.05, 0.1) is 16.6 Å². The van der Waals surface area contributed by atoms with Crippen LogP contribution in [0, 0.1) is 0 Å². The molecular formula is C58H39N3. The molecular weight excluding hydrogens is 739 g/mol. The maximum absolute atomic E-state index is 5.48. The number of rotatable bonds is 8. The first-order chi connectivity index (χ1) is 30.2. The summed E-state index contributed by atoms with van der Waals surface area (Å²) >= 11 is 0. The summed E-state index contributed by atoms with van der Waals surface area (Å²) in [6.45, 7) is 0. The van der Waals surface area contributed by atoms with Gasteiger partial charge in [0.15, 0.2) is 5.82 Å². The minimum Gasteiger partial charge on any atom is -0.294 e. The molecule has 11 aromatic rings. The number of aromatic nitrogens is 3. The van der Waals surface area contributed by atoms with Crippen molar-refractivity contribution < 1.29 is 0 Å². The van der Waals surface area contributed by atoms with E-state index in [9.17, 15) is 0 Å². The van der Waals surface area contributed by atoms with Crippen LogP contribution in [-0.2, 0) is 0 Å². The molecule has 2 heterocycles. The predicted octanol–water partition coefficient (Wildman–Crippen LogP) is 15.2. The molecule has 0 bridgehead atoms. The van der Waals surface area contributed by atoms with Gasteiger partial charge in [0.1, 0.15) is 5.65 Å². The van der Waals surface area contributed by atoms with Crippen molar-refractivity contribution >= 4 is 21.9 Å². The van der Waals surface area contributed by atoms with E-state index in [0.717, 1.165) is 66.7 Å². The van der Waals surface area contributed by atoms with Crippen molar-refractivity contribution in [3.63, 3.8) is 0 Å². The third-order valence-corrected chi connectivity index (χ3v) is 11.6. The van der Waals surface area contributed by atoms with Crippen LogP contribution in [0.1, 0.15) is 0 Å². The van der Waals surface area contributed by atoms with E-state index < -0.39 is 0 Å². The van der Waals surface area contributed by atoms with Gasteiger partial charge < -0.3 is 0 Å². The van der Waals surface area contributed by atoms with Crippen molar-refractivity contribution in [1.82, 2.24) is 14.5 Å². The highest BCUT2D eigenvalue weighted by molar-refractivity contribution is 6.14. The molecule has 0 aliphatic rings. The molecule has 11 rings (SSSR count). The van der Waals surface area contributed by atoms with Crippen molar-refractivity contribution in [3.8, 4) is 84.0 Å². The van der Waals surface area contributed by atoms with E-state index in [0.29, 0.717) is 5.82 Å². The van der Waals surface area contributed by atoms with Crippen molar-refractivity contribution in [2.24, 2.45) is 0 Å². The third-order valence-electron chi connectivity index (χ3n) is 11.6. The second kappa shape index (κ2) is 15.6. The van der Waals surface area contributed by atoms with E-state index in [1.807, 2.05) is 0 Å². The number of fused-ring (bicyclic) bond motifs is 3. The molecule has 0 saturated heterocycles. The van der Waals surface area contributed by atoms with E-state index in [4.69, 9.17) is 9.97 Å². The number of hydrogen-bond acceptors (Lipinski definition) is 2. The molecule has 0 unspecified atom stereocenters. The van der Waals surface area contributed by atoms with E-state index in [1.54, 1.807) is 0 Å². The molecule has 9 aromatic carbocycles. The lowest BCUT2D eigenvalue weighted by Crippen LogP contribution is -1.99. The first-order valence-corrected chi connectivity index (χ1v) is 20.7. The lowest BCUT2D eigenvalue weighted by Gasteiger charge is -2.14. The van der Waals surface area contributed by atoms with E-state index >= 15 is 0 Å². The normalized spacial score (nSPS) is 11.3. The van der Waals surface area contributed by atoms with Gasteiger partial charge >= 0.3 is 0 Å². The maximum Gasteiger partial charge on any atom is 0.162 e. The highest BCUT2D eigenvalue weighted by Gasteiger charge is 2.21. The van der Waals surface area contributed by atoms with E-state index in [1.165, 1.54) is 33.4 Å². The molecule has 0 amide bonds. The SMILES string of the molecule is c1ccc(-c2cccc(-c3nc(-c4cccc(-c5cccc(-c6ccc(-c7ccccc7)c(-c7ccccc7)c6)c5)c4)nc4c3c3ccccc3n4-c3ccccc3)c2)cc1. The van der Waals surface area contributed by atoms with Gasteiger partial charge in [0, 0.05) is 22.2 Å². The highest BCUT2D eigenvalue weighted by Crippen LogP contribution is 2.40. The standard InChI is InChI=1S/C58H39N3/c1-5-18-40(19-6-1)43-24-16-28-48(37-43)56-55-52-32-13-14-33-54(52)61(50-30-11-4-12-31-50)58(55)60-57(59-56)49-29-17-27-46(38-49)44-25-15-26-45(36-44)47-34-35-51(41-20-7-2-8-21-41)53(39-47)42-22-9-3-10-23-42/h1-39H. The average molecular weight is 778 g/mol. The fourth-order valence-electron chi connectivity index (χ4n) is 8.67. The van der Waals surface area contributed by atoms with Crippen LogP contribution in [0.4, 0.5) is 0 Å². The molecule has 2 aromatic heterocycles. The summed E-state index contributed by atoms with van der Waals surface area (Å²) in [7, 11) is 0. The number of hydrogen-bond donors (Lipinski definition) is 0. The monoisotopic (exact) mass is 777 g/mol. The Labute approximate surface area is 355 Å². The Bertz CT molecular complexity index is 3330. The fourth-order valence-corrected chi connectivity index (χ4v) is 8.67. The zero-order valence-electron chi connectivity index (χ0n) is 33.4. The van der Waals surface area contributed by atoms with Crippen LogP contribution in [0.5, 0.6) is 0 Å². The largest absolute Gasteiger partial charge is 0.294 e. The summed E-state index contributed by atoms with van der Waals surface area (Å²) in [6.07, 6.45) is 0. The van der Waals surface area contributed by atoms with Crippen molar-refractivity contribution in [2.75, 3.05) is 0 Å². The fraction of sp³-hybridized carbons (Fsp3) is 0. The molecule has 0 N–H and O–H groups in total. The van der Waals surface area contributed by atoms with Crippen molar-refractivity contribution in [3.05, 3.63) is 237 Å². The Hall–Kier alpha value is -8.14. The summed E-state index contributed by atoms with van der Waals surface area (Å²) in [5.74, 6) is 0.676. The van der Waals surface area contributed by atoms with Gasteiger partial charge in [-0.2, -0.15) is 0 Å². The van der Waals surface area contributed by atoms with Crippen molar-refractivity contribution in [1.29, 1.82) is 0 Å². The van der Waals surface area contributed by atoms with Crippen LogP contribution in [0.2, 0.25) is 0 Å². The molecule has 0 radical (unpaired) electrons. The highest BCUT2D eigenvalue weighted by atomic mass is 15.1. The van der Waals surface area contributed by atoms with E-state index in [-0.39, 0.29) is 0 Å². The van der Waals surface area contributed by atoms with Crippen LogP contribution >= 0.6 is 0 Å². The van der Waals surface area contributed by atoms with Crippen LogP contribution < -0.4 is 0 Å². The number of para-hydroxylation sites is 2. The summed E-state index contributed by atoms with van der Waals surface area (Å²) in [5, 5.41) is 2.15. The lowest BCUT2D eigenvalue weighted by molar-refractivity contribution is 1.11. The summed E-state index contributed by atoms with van der Waals surface area (Å²) in [4.78, 5) is 10.9. The topological polar surface area (TPSA) is 30.7 Å². The molecule has 0 aliphatic heterocycles. The zero-order valence-corrected chi connectivity index (χ0v) is 33.4. The first kappa shape index (κ1) is 36.0. The van der Waals surface area contributed by atoms with Crippen LogP contribution in [0.15, 0.2) is 237 Å². The van der Waals surface area contributed by atoms with Crippen LogP contribution in [0.25, 0.3) is 106 Å². The first-order valence-electron chi connectivity index (χ1n) is 20.7. The molecule has 286 valence electrons. The third kappa shape index (κ3) is 6.78. The molecule has 0 aliphatic carbocycles. The van der Waals surface area contributed by atoms with Gasteiger partial charge in [-0.05, 0) is 98.1 Å². The molecule has 0 fully saturated rings. The molecule has 0 spiro atoms. The Morgan fingerprint density at radius 1 is 0.295 bits per heavy atom. The molecule has 3 nitrogen and oxygen atoms in total. The molecule has 3 heteroatoms. The van der Waals surface area contributed by atoms with Gasteiger partial charge in [-0.3, -0.25) is 4.57 Å². The predicted molar refractivity (Wildman–Crippen MR) is 254 cm³/mol. The smallest absolute Gasteiger partial charge is 0.162 e. The van der Waals surface area contributed by atoms with Gasteiger partial charge in [0.2, 0.25) is 0 Å². The number of nitrogens with zero attached hydrogens (tertiary/aromatic N) is 3. The minimum atomic E-state index is 0.676. The Balaban J connectivity index is 1.06. The van der Waals surface area contributed by atoms with Gasteiger partial charge in [-0.25, -0.2) is 9.97 Å². The average Bonchev–Trinajstić information content (AvgIpc) is 3.69. The second-order valence-electron chi connectivity index (χ2n) is 15.4. The second-order valence-corrected chi connectivity index (χ2v) is 15.4. The summed E-state index contributed by atoms with van der Waals surface area (Å²) in [5.41, 5.74) is 17.6. The van der Waals surface area contributed by atoms with Crippen molar-refractivity contribution in [2.45, 2.75) is 0 Å². The summed E-state index contributed by atoms with van der Waals surface area (Å²) in [6, 6.07) is 84.0. The molecule has 0 atom stereocenters. The lowest BCUT2D eigenvalue weighted by atomic mass is 9.90. The van der Waals surface area contributed by atoms with E-state index in [2.05, 4.69) is 241 Å². The van der Waals surface area contributed by atoms with Gasteiger partial charge in [-0.1, -0.05) is 194 Å². The molecule has 61 heavy (non-hydrogen) atoms. The Kier molecular flexibility index (Phi) is 9.18. The zero-order chi connectivity index (χ0) is 40.5. The van der Waals surface area contributed by atoms with Gasteiger partial charge in [-0.15, -0.1) is 0 Å². The van der Waals surface area contributed by atoms with Gasteiger partial charge in [0.25, 0.3) is 0 Å². The Morgan fingerprint density at radius 3 is 1.41 bits per heavy atom. The minimum absolute atomic E-state index is 0.676. The Morgan fingerprint density at radius 2 is 0.754 bits per heavy atom. The summed E-state index contributed by atoms with van der Waals surface area (Å²) < 4.78 is 2.28. The quantitative estimate of drug-likeness (QED) is 0.154. The van der Waals surface area contributed by atoms with Crippen LogP contribution in [-0.4, -0.2) is 14.5 Å². The molecule has 0 saturated carbocycles. The maximum atomic E-state index is 5.48. The number of benzene rings is 9.